The fourth-order valence-corrected chi connectivity index (χ4v) is 2.34. The van der Waals surface area contributed by atoms with Gasteiger partial charge in [-0.05, 0) is 40.4 Å². The Morgan fingerprint density at radius 3 is 2.52 bits per heavy atom. The van der Waals surface area contributed by atoms with E-state index in [1.807, 2.05) is 30.5 Å². The van der Waals surface area contributed by atoms with E-state index in [1.165, 1.54) is 6.07 Å². The van der Waals surface area contributed by atoms with Crippen molar-refractivity contribution in [1.82, 2.24) is 14.5 Å². The molecule has 2 aromatic rings. The van der Waals surface area contributed by atoms with Crippen LogP contribution < -0.4 is 5.73 Å². The second-order valence-electron chi connectivity index (χ2n) is 5.51. The maximum atomic E-state index is 13.5. The average molecular weight is 296 g/mol. The van der Waals surface area contributed by atoms with Crippen molar-refractivity contribution >= 4 is 11.0 Å². The van der Waals surface area contributed by atoms with Gasteiger partial charge in [0.25, 0.3) is 0 Å². The van der Waals surface area contributed by atoms with Gasteiger partial charge in [-0.1, -0.05) is 0 Å². The molecule has 0 aliphatic rings. The van der Waals surface area contributed by atoms with E-state index in [1.54, 1.807) is 0 Å². The fraction of sp³-hybridized carbons (Fsp3) is 0.533. The van der Waals surface area contributed by atoms with Gasteiger partial charge in [-0.3, -0.25) is 4.90 Å². The molecular weight excluding hydrogens is 274 g/mol. The summed E-state index contributed by atoms with van der Waals surface area (Å²) in [6, 6.07) is 2.45. The van der Waals surface area contributed by atoms with Crippen LogP contribution in [0.25, 0.3) is 11.0 Å². The van der Waals surface area contributed by atoms with E-state index in [4.69, 9.17) is 5.73 Å². The molecule has 21 heavy (non-hydrogen) atoms. The molecule has 2 rings (SSSR count). The monoisotopic (exact) mass is 296 g/mol. The topological polar surface area (TPSA) is 47.1 Å². The van der Waals surface area contributed by atoms with Crippen molar-refractivity contribution in [3.05, 3.63) is 29.6 Å². The summed E-state index contributed by atoms with van der Waals surface area (Å²) in [5.41, 5.74) is 6.65. The molecule has 0 aliphatic heterocycles. The van der Waals surface area contributed by atoms with E-state index in [-0.39, 0.29) is 6.04 Å². The molecule has 2 N–H and O–H groups in total. The second-order valence-corrected chi connectivity index (χ2v) is 5.51. The molecule has 0 aliphatic carbocycles. The Balaban J connectivity index is 2.51. The number of hydrogen-bond donors (Lipinski definition) is 1. The Labute approximate surface area is 123 Å². The maximum Gasteiger partial charge on any atom is 0.161 e. The number of imidazole rings is 1. The molecule has 4 nitrogen and oxygen atoms in total. The summed E-state index contributed by atoms with van der Waals surface area (Å²) < 4.78 is 28.9. The van der Waals surface area contributed by atoms with Gasteiger partial charge >= 0.3 is 0 Å². The number of rotatable bonds is 6. The number of fused-ring (bicyclic) bond motifs is 1. The Kier molecular flexibility index (Phi) is 4.90. The number of benzene rings is 1. The van der Waals surface area contributed by atoms with E-state index in [0.717, 1.165) is 24.7 Å². The van der Waals surface area contributed by atoms with Crippen molar-refractivity contribution in [1.29, 1.82) is 0 Å². The zero-order chi connectivity index (χ0) is 15.6. The molecule has 1 atom stereocenters. The van der Waals surface area contributed by atoms with Gasteiger partial charge in [-0.2, -0.15) is 0 Å². The molecule has 0 radical (unpaired) electrons. The van der Waals surface area contributed by atoms with Crippen LogP contribution >= 0.6 is 0 Å². The standard InChI is InChI=1S/C15H22F2N4/c1-10(20(2)3)15-19-13-8-11(16)12(17)9-14(13)21(15)7-5-4-6-18/h8-10H,4-7,18H2,1-3H3. The normalized spacial score (nSPS) is 13.3. The predicted molar refractivity (Wildman–Crippen MR) is 80.0 cm³/mol. The van der Waals surface area contributed by atoms with E-state index in [2.05, 4.69) is 4.98 Å². The summed E-state index contributed by atoms with van der Waals surface area (Å²) in [6.45, 7) is 3.34. The van der Waals surface area contributed by atoms with Crippen molar-refractivity contribution in [3.8, 4) is 0 Å². The first-order valence-corrected chi connectivity index (χ1v) is 7.17. The van der Waals surface area contributed by atoms with Crippen LogP contribution in [-0.4, -0.2) is 35.1 Å². The van der Waals surface area contributed by atoms with Crippen LogP contribution in [0.3, 0.4) is 0 Å². The van der Waals surface area contributed by atoms with E-state index >= 15 is 0 Å². The van der Waals surface area contributed by atoms with Gasteiger partial charge in [0, 0.05) is 18.7 Å². The summed E-state index contributed by atoms with van der Waals surface area (Å²) >= 11 is 0. The van der Waals surface area contributed by atoms with Crippen molar-refractivity contribution in [2.45, 2.75) is 32.4 Å². The minimum absolute atomic E-state index is 0.0569. The van der Waals surface area contributed by atoms with Crippen LogP contribution in [0.5, 0.6) is 0 Å². The SMILES string of the molecule is CC(c1nc2cc(F)c(F)cc2n1CCCCN)N(C)C. The zero-order valence-corrected chi connectivity index (χ0v) is 12.7. The highest BCUT2D eigenvalue weighted by molar-refractivity contribution is 5.76. The van der Waals surface area contributed by atoms with Crippen molar-refractivity contribution < 1.29 is 8.78 Å². The third-order valence-electron chi connectivity index (χ3n) is 3.80. The number of aromatic nitrogens is 2. The number of hydrogen-bond acceptors (Lipinski definition) is 3. The molecule has 6 heteroatoms. The van der Waals surface area contributed by atoms with Gasteiger partial charge in [0.2, 0.25) is 0 Å². The highest BCUT2D eigenvalue weighted by Gasteiger charge is 2.19. The molecule has 1 aromatic carbocycles. The van der Waals surface area contributed by atoms with Crippen LogP contribution in [0.15, 0.2) is 12.1 Å². The van der Waals surface area contributed by atoms with Crippen LogP contribution in [0, 0.1) is 11.6 Å². The lowest BCUT2D eigenvalue weighted by Gasteiger charge is -2.20. The minimum Gasteiger partial charge on any atom is -0.330 e. The van der Waals surface area contributed by atoms with Crippen LogP contribution in [-0.2, 0) is 6.54 Å². The average Bonchev–Trinajstić information content (AvgIpc) is 2.77. The summed E-state index contributed by atoms with van der Waals surface area (Å²) in [6.07, 6.45) is 1.77. The first-order chi connectivity index (χ1) is 9.95. The van der Waals surface area contributed by atoms with Crippen LogP contribution in [0.2, 0.25) is 0 Å². The third kappa shape index (κ3) is 3.22. The van der Waals surface area contributed by atoms with Crippen molar-refractivity contribution in [2.75, 3.05) is 20.6 Å². The summed E-state index contributed by atoms with van der Waals surface area (Å²) in [5.74, 6) is -0.887. The molecule has 0 fully saturated rings. The van der Waals surface area contributed by atoms with Crippen molar-refractivity contribution in [2.24, 2.45) is 5.73 Å². The largest absolute Gasteiger partial charge is 0.330 e. The molecular formula is C15H22F2N4. The van der Waals surface area contributed by atoms with Gasteiger partial charge in [0.15, 0.2) is 11.6 Å². The summed E-state index contributed by atoms with van der Waals surface area (Å²) in [4.78, 5) is 6.52. The van der Waals surface area contributed by atoms with Gasteiger partial charge in [-0.15, -0.1) is 0 Å². The second kappa shape index (κ2) is 6.49. The van der Waals surface area contributed by atoms with E-state index in [9.17, 15) is 8.78 Å². The lowest BCUT2D eigenvalue weighted by molar-refractivity contribution is 0.301. The van der Waals surface area contributed by atoms with Crippen LogP contribution in [0.4, 0.5) is 8.78 Å². The Morgan fingerprint density at radius 2 is 1.90 bits per heavy atom. The Morgan fingerprint density at radius 1 is 1.24 bits per heavy atom. The fourth-order valence-electron chi connectivity index (χ4n) is 2.34. The molecule has 0 amide bonds. The van der Waals surface area contributed by atoms with Gasteiger partial charge in [0.05, 0.1) is 17.1 Å². The van der Waals surface area contributed by atoms with Gasteiger partial charge in [0.1, 0.15) is 5.82 Å². The molecule has 0 spiro atoms. The highest BCUT2D eigenvalue weighted by Crippen LogP contribution is 2.25. The van der Waals surface area contributed by atoms with Gasteiger partial charge < -0.3 is 10.3 Å². The quantitative estimate of drug-likeness (QED) is 0.834. The molecule has 1 unspecified atom stereocenters. The number of nitrogens with zero attached hydrogens (tertiary/aromatic N) is 3. The van der Waals surface area contributed by atoms with E-state index in [0.29, 0.717) is 24.1 Å². The number of halogens is 2. The molecule has 1 heterocycles. The lowest BCUT2D eigenvalue weighted by atomic mass is 10.2. The Hall–Kier alpha value is -1.53. The van der Waals surface area contributed by atoms with Gasteiger partial charge in [-0.25, -0.2) is 13.8 Å². The zero-order valence-electron chi connectivity index (χ0n) is 12.7. The first kappa shape index (κ1) is 15.9. The lowest BCUT2D eigenvalue weighted by Crippen LogP contribution is -2.21. The summed E-state index contributed by atoms with van der Waals surface area (Å²) in [5, 5.41) is 0. The molecule has 116 valence electrons. The first-order valence-electron chi connectivity index (χ1n) is 7.17. The van der Waals surface area contributed by atoms with Crippen LogP contribution in [0.1, 0.15) is 31.6 Å². The number of aryl methyl sites for hydroxylation is 1. The summed E-state index contributed by atoms with van der Waals surface area (Å²) in [7, 11) is 3.91. The molecule has 1 aromatic heterocycles. The number of unbranched alkanes of at least 4 members (excludes halogenated alkanes) is 1. The van der Waals surface area contributed by atoms with E-state index < -0.39 is 11.6 Å². The molecule has 0 bridgehead atoms. The molecule has 0 saturated heterocycles. The third-order valence-corrected chi connectivity index (χ3v) is 3.80. The highest BCUT2D eigenvalue weighted by atomic mass is 19.2. The predicted octanol–water partition coefficient (Wildman–Crippen LogP) is 2.68. The maximum absolute atomic E-state index is 13.5. The minimum atomic E-state index is -0.863. The molecule has 0 saturated carbocycles. The number of nitrogens with two attached hydrogens (primary N) is 1. The smallest absolute Gasteiger partial charge is 0.161 e. The van der Waals surface area contributed by atoms with Crippen molar-refractivity contribution in [3.63, 3.8) is 0 Å². The Bertz CT molecular complexity index is 622.